The van der Waals surface area contributed by atoms with Crippen LogP contribution in [0.25, 0.3) is 10.9 Å². The van der Waals surface area contributed by atoms with Crippen molar-refractivity contribution < 1.29 is 14.3 Å². The highest BCUT2D eigenvalue weighted by molar-refractivity contribution is 5.89. The molecule has 2 fully saturated rings. The Morgan fingerprint density at radius 2 is 2.19 bits per heavy atom. The highest BCUT2D eigenvalue weighted by Crippen LogP contribution is 2.45. The van der Waals surface area contributed by atoms with Crippen molar-refractivity contribution >= 4 is 29.3 Å². The zero-order chi connectivity index (χ0) is 20.7. The molecule has 0 saturated carbocycles. The lowest BCUT2D eigenvalue weighted by molar-refractivity contribution is -0.152. The molecule has 3 heterocycles. The van der Waals surface area contributed by atoms with Crippen molar-refractivity contribution in [2.45, 2.75) is 51.0 Å². The molecule has 0 amide bonds. The second-order valence-electron chi connectivity index (χ2n) is 9.44. The number of likely N-dealkylation sites (tertiary alicyclic amines) is 1. The summed E-state index contributed by atoms with van der Waals surface area (Å²) in [6, 6.07) is 7.16. The molecule has 1 aromatic carbocycles. The minimum Gasteiger partial charge on any atom is -0.465 e. The number of fused-ring (bicyclic) bond motifs is 2. The first-order valence-electron chi connectivity index (χ1n) is 11.7. The fourth-order valence-electron chi connectivity index (χ4n) is 6.09. The zero-order valence-electron chi connectivity index (χ0n) is 18.7. The van der Waals surface area contributed by atoms with Crippen LogP contribution in [0.4, 0.5) is 0 Å². The molecule has 6 heteroatoms. The number of nitrogens with zero attached hydrogens (tertiary/aromatic N) is 2. The van der Waals surface area contributed by atoms with Gasteiger partial charge in [0.25, 0.3) is 0 Å². The summed E-state index contributed by atoms with van der Waals surface area (Å²) in [5.74, 6) is 0.910. The minimum atomic E-state index is -0.0330. The second-order valence-corrected chi connectivity index (χ2v) is 9.44. The number of benzene rings is 1. The van der Waals surface area contributed by atoms with Gasteiger partial charge in [-0.3, -0.25) is 9.69 Å². The van der Waals surface area contributed by atoms with Crippen LogP contribution >= 0.6 is 12.4 Å². The smallest absolute Gasteiger partial charge is 0.310 e. The monoisotopic (exact) mass is 446 g/mol. The van der Waals surface area contributed by atoms with Gasteiger partial charge in [0.1, 0.15) is 0 Å². The van der Waals surface area contributed by atoms with Crippen LogP contribution in [0.2, 0.25) is 0 Å². The van der Waals surface area contributed by atoms with E-state index in [1.807, 2.05) is 0 Å². The van der Waals surface area contributed by atoms with E-state index in [1.54, 1.807) is 0 Å². The minimum absolute atomic E-state index is 0. The molecule has 170 valence electrons. The molecule has 1 aromatic heterocycles. The second kappa shape index (κ2) is 9.51. The normalized spacial score (nSPS) is 28.1. The molecule has 0 radical (unpaired) electrons. The SMILES string of the molecule is CCN1C[C@H](C(=O)OCCC2CCCOC2)CC2c3cccc4c3c(cn4C)C[C@H]21.Cl. The number of piperidine rings is 1. The van der Waals surface area contributed by atoms with E-state index in [-0.39, 0.29) is 24.3 Å². The average Bonchev–Trinajstić information content (AvgIpc) is 3.10. The number of esters is 1. The first-order chi connectivity index (χ1) is 14.7. The van der Waals surface area contributed by atoms with Crippen LogP contribution in [0.5, 0.6) is 0 Å². The number of aromatic nitrogens is 1. The lowest BCUT2D eigenvalue weighted by atomic mass is 9.72. The lowest BCUT2D eigenvalue weighted by Gasteiger charge is -2.46. The molecule has 5 rings (SSSR count). The lowest BCUT2D eigenvalue weighted by Crippen LogP contribution is -2.51. The molecule has 31 heavy (non-hydrogen) atoms. The number of ether oxygens (including phenoxy) is 2. The summed E-state index contributed by atoms with van der Waals surface area (Å²) in [5, 5.41) is 1.42. The summed E-state index contributed by atoms with van der Waals surface area (Å²) in [4.78, 5) is 15.5. The molecule has 2 aromatic rings. The van der Waals surface area contributed by atoms with E-state index in [9.17, 15) is 4.79 Å². The van der Waals surface area contributed by atoms with Gasteiger partial charge in [-0.25, -0.2) is 0 Å². The zero-order valence-corrected chi connectivity index (χ0v) is 19.5. The Balaban J connectivity index is 0.00000231. The van der Waals surface area contributed by atoms with Crippen molar-refractivity contribution in [3.8, 4) is 0 Å². The van der Waals surface area contributed by atoms with Crippen LogP contribution in [-0.4, -0.2) is 54.4 Å². The van der Waals surface area contributed by atoms with E-state index >= 15 is 0 Å². The van der Waals surface area contributed by atoms with E-state index in [0.29, 0.717) is 24.5 Å². The Labute approximate surface area is 191 Å². The Hall–Kier alpha value is -1.56. The molecule has 2 saturated heterocycles. The van der Waals surface area contributed by atoms with E-state index in [0.717, 1.165) is 52.0 Å². The number of carbonyl (C=O) groups excluding carboxylic acids is 1. The van der Waals surface area contributed by atoms with Gasteiger partial charge in [0.05, 0.1) is 12.5 Å². The van der Waals surface area contributed by atoms with Gasteiger partial charge in [0.15, 0.2) is 0 Å². The number of aryl methyl sites for hydroxylation is 1. The van der Waals surface area contributed by atoms with Gasteiger partial charge in [-0.15, -0.1) is 12.4 Å². The van der Waals surface area contributed by atoms with Gasteiger partial charge in [0, 0.05) is 55.9 Å². The molecule has 4 atom stereocenters. The topological polar surface area (TPSA) is 43.7 Å². The van der Waals surface area contributed by atoms with Crippen LogP contribution in [-0.2, 0) is 27.7 Å². The number of rotatable bonds is 5. The van der Waals surface area contributed by atoms with Gasteiger partial charge >= 0.3 is 5.97 Å². The van der Waals surface area contributed by atoms with Crippen LogP contribution in [0.3, 0.4) is 0 Å². The van der Waals surface area contributed by atoms with Gasteiger partial charge in [0.2, 0.25) is 0 Å². The maximum Gasteiger partial charge on any atom is 0.310 e. The van der Waals surface area contributed by atoms with Crippen molar-refractivity contribution in [1.82, 2.24) is 9.47 Å². The van der Waals surface area contributed by atoms with Gasteiger partial charge in [-0.2, -0.15) is 0 Å². The largest absolute Gasteiger partial charge is 0.465 e. The van der Waals surface area contributed by atoms with E-state index in [1.165, 1.54) is 28.5 Å². The summed E-state index contributed by atoms with van der Waals surface area (Å²) in [6.45, 7) is 6.24. The molecule has 0 bridgehead atoms. The highest BCUT2D eigenvalue weighted by atomic mass is 35.5. The molecule has 0 N–H and O–H groups in total. The van der Waals surface area contributed by atoms with E-state index in [4.69, 9.17) is 9.47 Å². The van der Waals surface area contributed by atoms with Gasteiger partial charge in [-0.05, 0) is 61.8 Å². The summed E-state index contributed by atoms with van der Waals surface area (Å²) in [6.07, 6.45) is 7.53. The Morgan fingerprint density at radius 1 is 1.32 bits per heavy atom. The highest BCUT2D eigenvalue weighted by Gasteiger charge is 2.42. The first kappa shape index (κ1) is 22.6. The maximum atomic E-state index is 13.0. The van der Waals surface area contributed by atoms with Crippen LogP contribution < -0.4 is 0 Å². The number of hydrogen-bond acceptors (Lipinski definition) is 4. The molecular weight excluding hydrogens is 412 g/mol. The van der Waals surface area contributed by atoms with Gasteiger partial charge in [-0.1, -0.05) is 19.1 Å². The van der Waals surface area contributed by atoms with Crippen molar-refractivity contribution in [3.05, 3.63) is 35.5 Å². The van der Waals surface area contributed by atoms with Crippen LogP contribution in [0.1, 0.15) is 49.7 Å². The Kier molecular flexibility index (Phi) is 6.95. The number of carbonyl (C=O) groups is 1. The summed E-state index contributed by atoms with van der Waals surface area (Å²) >= 11 is 0. The quantitative estimate of drug-likeness (QED) is 0.642. The van der Waals surface area contributed by atoms with Crippen molar-refractivity contribution in [2.24, 2.45) is 18.9 Å². The average molecular weight is 447 g/mol. The van der Waals surface area contributed by atoms with Crippen molar-refractivity contribution in [2.75, 3.05) is 32.9 Å². The number of likely N-dealkylation sites (N-methyl/N-ethyl adjacent to an activating group) is 1. The van der Waals surface area contributed by atoms with E-state index < -0.39 is 0 Å². The predicted molar refractivity (Wildman–Crippen MR) is 125 cm³/mol. The number of hydrogen-bond donors (Lipinski definition) is 0. The Morgan fingerprint density at radius 3 is 2.97 bits per heavy atom. The van der Waals surface area contributed by atoms with Crippen LogP contribution in [0, 0.1) is 11.8 Å². The fraction of sp³-hybridized carbons (Fsp3) is 0.640. The molecule has 5 nitrogen and oxygen atoms in total. The van der Waals surface area contributed by atoms with Crippen molar-refractivity contribution in [3.63, 3.8) is 0 Å². The summed E-state index contributed by atoms with van der Waals surface area (Å²) < 4.78 is 13.6. The number of halogens is 1. The summed E-state index contributed by atoms with van der Waals surface area (Å²) in [5.41, 5.74) is 4.19. The molecule has 3 aliphatic rings. The first-order valence-corrected chi connectivity index (χ1v) is 11.7. The maximum absolute atomic E-state index is 13.0. The molecule has 2 aliphatic heterocycles. The third-order valence-electron chi connectivity index (χ3n) is 7.65. The molecule has 0 spiro atoms. The van der Waals surface area contributed by atoms with Crippen LogP contribution in [0.15, 0.2) is 24.4 Å². The fourth-order valence-corrected chi connectivity index (χ4v) is 6.09. The van der Waals surface area contributed by atoms with Crippen molar-refractivity contribution in [1.29, 1.82) is 0 Å². The Bertz CT molecular complexity index is 921. The predicted octanol–water partition coefficient (Wildman–Crippen LogP) is 4.31. The standard InChI is InChI=1S/C25H34N2O3.ClH/c1-3-27-15-19(25(28)30-11-9-17-6-5-10-29-16-17)12-21-20-7-4-8-22-24(20)18(13-23(21)27)14-26(22)2;/h4,7-8,14,17,19,21,23H,3,5-6,9-13,15-16H2,1-2H3;1H/t17?,19-,21?,23-;/m1./s1. The van der Waals surface area contributed by atoms with Gasteiger partial charge < -0.3 is 14.0 Å². The van der Waals surface area contributed by atoms with E-state index in [2.05, 4.69) is 47.8 Å². The third kappa shape index (κ3) is 4.24. The third-order valence-corrected chi connectivity index (χ3v) is 7.65. The summed E-state index contributed by atoms with van der Waals surface area (Å²) in [7, 11) is 2.14. The molecule has 2 unspecified atom stereocenters. The molecular formula is C25H35ClN2O3. The molecule has 1 aliphatic carbocycles.